The zero-order valence-corrected chi connectivity index (χ0v) is 9.43. The molecule has 1 rings (SSSR count). The summed E-state index contributed by atoms with van der Waals surface area (Å²) in [7, 11) is 0. The normalized spacial score (nSPS) is 8.69. The van der Waals surface area contributed by atoms with Gasteiger partial charge in [0.15, 0.2) is 0 Å². The summed E-state index contributed by atoms with van der Waals surface area (Å²) in [5.41, 5.74) is -0.103. The zero-order chi connectivity index (χ0) is 12.1. The summed E-state index contributed by atoms with van der Waals surface area (Å²) in [5.74, 6) is 0. The van der Waals surface area contributed by atoms with E-state index in [0.717, 1.165) is 0 Å². The molecular formula is C10H4BrN3O2. The second-order valence-corrected chi connectivity index (χ2v) is 3.66. The molecule has 0 spiro atoms. The molecule has 0 radical (unpaired) electrons. The summed E-state index contributed by atoms with van der Waals surface area (Å²) >= 11 is 3.11. The molecule has 0 saturated heterocycles. The number of hydrogen-bond donors (Lipinski definition) is 0. The van der Waals surface area contributed by atoms with E-state index in [1.807, 2.05) is 0 Å². The summed E-state index contributed by atoms with van der Waals surface area (Å²) in [4.78, 5) is 10.2. The first-order valence-electron chi connectivity index (χ1n) is 4.04. The third-order valence-electron chi connectivity index (χ3n) is 1.73. The van der Waals surface area contributed by atoms with E-state index in [4.69, 9.17) is 10.5 Å². The van der Waals surface area contributed by atoms with Crippen LogP contribution in [0.5, 0.6) is 0 Å². The standard InChI is InChI=1S/C10H4BrN3O2/c11-9-2-1-8(3-7(5-12)6-13)10(4-9)14(15)16/h1-4H. The molecule has 1 aromatic carbocycles. The molecule has 0 atom stereocenters. The minimum absolute atomic E-state index is 0.155. The topological polar surface area (TPSA) is 90.7 Å². The smallest absolute Gasteiger partial charge is 0.258 e. The minimum atomic E-state index is -0.567. The Bertz CT molecular complexity index is 536. The van der Waals surface area contributed by atoms with Gasteiger partial charge in [-0.25, -0.2) is 0 Å². The Morgan fingerprint density at radius 3 is 2.56 bits per heavy atom. The number of nitriles is 2. The molecule has 0 heterocycles. The van der Waals surface area contributed by atoms with Crippen LogP contribution in [0.15, 0.2) is 28.2 Å². The van der Waals surface area contributed by atoms with Gasteiger partial charge < -0.3 is 0 Å². The van der Waals surface area contributed by atoms with Gasteiger partial charge in [-0.15, -0.1) is 0 Å². The van der Waals surface area contributed by atoms with E-state index < -0.39 is 4.92 Å². The van der Waals surface area contributed by atoms with Gasteiger partial charge in [0, 0.05) is 10.5 Å². The summed E-state index contributed by atoms with van der Waals surface area (Å²) < 4.78 is 0.562. The highest BCUT2D eigenvalue weighted by Crippen LogP contribution is 2.25. The highest BCUT2D eigenvalue weighted by Gasteiger charge is 2.12. The maximum atomic E-state index is 10.7. The molecule has 0 bridgehead atoms. The first-order valence-corrected chi connectivity index (χ1v) is 4.83. The molecule has 0 amide bonds. The van der Waals surface area contributed by atoms with E-state index in [1.165, 1.54) is 18.2 Å². The number of allylic oxidation sites excluding steroid dienone is 1. The molecule has 0 aliphatic carbocycles. The van der Waals surface area contributed by atoms with Crippen LogP contribution in [0.25, 0.3) is 6.08 Å². The molecule has 0 fully saturated rings. The van der Waals surface area contributed by atoms with Crippen LogP contribution in [-0.4, -0.2) is 4.92 Å². The van der Waals surface area contributed by atoms with Gasteiger partial charge in [0.1, 0.15) is 17.7 Å². The van der Waals surface area contributed by atoms with Gasteiger partial charge in [-0.2, -0.15) is 10.5 Å². The number of halogens is 1. The highest BCUT2D eigenvalue weighted by atomic mass is 79.9. The van der Waals surface area contributed by atoms with Crippen LogP contribution in [-0.2, 0) is 0 Å². The second kappa shape index (κ2) is 5.06. The Balaban J connectivity index is 3.37. The van der Waals surface area contributed by atoms with E-state index in [-0.39, 0.29) is 16.8 Å². The number of nitro groups is 1. The van der Waals surface area contributed by atoms with Crippen molar-refractivity contribution in [3.8, 4) is 12.1 Å². The Hall–Kier alpha value is -2.18. The lowest BCUT2D eigenvalue weighted by Gasteiger charge is -1.97. The monoisotopic (exact) mass is 277 g/mol. The lowest BCUT2D eigenvalue weighted by molar-refractivity contribution is -0.385. The maximum Gasteiger partial charge on any atom is 0.277 e. The van der Waals surface area contributed by atoms with Crippen LogP contribution in [0.4, 0.5) is 5.69 Å². The van der Waals surface area contributed by atoms with Gasteiger partial charge in [0.05, 0.1) is 10.5 Å². The van der Waals surface area contributed by atoms with Crippen molar-refractivity contribution in [2.45, 2.75) is 0 Å². The zero-order valence-electron chi connectivity index (χ0n) is 7.85. The molecule has 0 aliphatic rings. The molecule has 0 N–H and O–H groups in total. The predicted molar refractivity (Wildman–Crippen MR) is 60.0 cm³/mol. The average Bonchev–Trinajstić information content (AvgIpc) is 2.27. The Morgan fingerprint density at radius 1 is 1.44 bits per heavy atom. The fourth-order valence-electron chi connectivity index (χ4n) is 1.04. The lowest BCUT2D eigenvalue weighted by atomic mass is 10.1. The predicted octanol–water partition coefficient (Wildman–Crippen LogP) is 2.79. The van der Waals surface area contributed by atoms with Crippen LogP contribution in [0.1, 0.15) is 5.56 Å². The molecule has 16 heavy (non-hydrogen) atoms. The van der Waals surface area contributed by atoms with Gasteiger partial charge in [-0.1, -0.05) is 15.9 Å². The van der Waals surface area contributed by atoms with E-state index in [9.17, 15) is 10.1 Å². The largest absolute Gasteiger partial charge is 0.277 e. The van der Waals surface area contributed by atoms with Gasteiger partial charge in [0.25, 0.3) is 5.69 Å². The average molecular weight is 278 g/mol. The minimum Gasteiger partial charge on any atom is -0.258 e. The van der Waals surface area contributed by atoms with E-state index >= 15 is 0 Å². The first-order chi connectivity index (χ1) is 7.58. The SMILES string of the molecule is N#CC(C#N)=Cc1ccc(Br)cc1[N+](=O)[O-]. The van der Waals surface area contributed by atoms with Crippen LogP contribution in [0, 0.1) is 32.8 Å². The van der Waals surface area contributed by atoms with Crippen LogP contribution >= 0.6 is 15.9 Å². The molecule has 1 aromatic rings. The molecule has 0 saturated carbocycles. The van der Waals surface area contributed by atoms with Gasteiger partial charge in [-0.05, 0) is 18.2 Å². The summed E-state index contributed by atoms with van der Waals surface area (Å²) in [5, 5.41) is 27.8. The van der Waals surface area contributed by atoms with Crippen molar-refractivity contribution < 1.29 is 4.92 Å². The van der Waals surface area contributed by atoms with Crippen molar-refractivity contribution in [3.63, 3.8) is 0 Å². The van der Waals surface area contributed by atoms with E-state index in [0.29, 0.717) is 4.47 Å². The van der Waals surface area contributed by atoms with Crippen molar-refractivity contribution in [1.82, 2.24) is 0 Å². The number of benzene rings is 1. The Labute approximate surface area is 99.5 Å². The molecule has 0 aliphatic heterocycles. The van der Waals surface area contributed by atoms with Gasteiger partial charge in [-0.3, -0.25) is 10.1 Å². The second-order valence-electron chi connectivity index (χ2n) is 2.74. The van der Waals surface area contributed by atoms with Gasteiger partial charge >= 0.3 is 0 Å². The summed E-state index contributed by atoms with van der Waals surface area (Å²) in [6.45, 7) is 0. The molecule has 5 nitrogen and oxygen atoms in total. The molecular weight excluding hydrogens is 274 g/mol. The Morgan fingerprint density at radius 2 is 2.06 bits per heavy atom. The molecule has 6 heteroatoms. The molecule has 78 valence electrons. The number of rotatable bonds is 2. The Kier molecular flexibility index (Phi) is 3.76. The van der Waals surface area contributed by atoms with Crippen molar-refractivity contribution >= 4 is 27.7 Å². The van der Waals surface area contributed by atoms with Crippen molar-refractivity contribution in [1.29, 1.82) is 10.5 Å². The third kappa shape index (κ3) is 2.66. The fraction of sp³-hybridized carbons (Fsp3) is 0. The summed E-state index contributed by atoms with van der Waals surface area (Å²) in [6, 6.07) is 7.68. The maximum absolute atomic E-state index is 10.7. The highest BCUT2D eigenvalue weighted by molar-refractivity contribution is 9.10. The van der Waals surface area contributed by atoms with Crippen LogP contribution < -0.4 is 0 Å². The number of nitro benzene ring substituents is 1. The van der Waals surface area contributed by atoms with E-state index in [2.05, 4.69) is 15.9 Å². The molecule has 0 unspecified atom stereocenters. The van der Waals surface area contributed by atoms with Crippen molar-refractivity contribution in [2.24, 2.45) is 0 Å². The molecule has 0 aromatic heterocycles. The first kappa shape index (κ1) is 11.9. The van der Waals surface area contributed by atoms with Crippen molar-refractivity contribution in [2.75, 3.05) is 0 Å². The fourth-order valence-corrected chi connectivity index (χ4v) is 1.39. The quantitative estimate of drug-likeness (QED) is 0.472. The number of hydrogen-bond acceptors (Lipinski definition) is 4. The van der Waals surface area contributed by atoms with Crippen LogP contribution in [0.2, 0.25) is 0 Å². The van der Waals surface area contributed by atoms with Crippen LogP contribution in [0.3, 0.4) is 0 Å². The number of nitrogens with zero attached hydrogens (tertiary/aromatic N) is 3. The third-order valence-corrected chi connectivity index (χ3v) is 2.22. The van der Waals surface area contributed by atoms with Gasteiger partial charge in [0.2, 0.25) is 0 Å². The summed E-state index contributed by atoms with van der Waals surface area (Å²) in [6.07, 6.45) is 1.19. The van der Waals surface area contributed by atoms with E-state index in [1.54, 1.807) is 18.2 Å². The van der Waals surface area contributed by atoms with Crippen molar-refractivity contribution in [3.05, 3.63) is 43.9 Å². The lowest BCUT2D eigenvalue weighted by Crippen LogP contribution is -1.91.